The highest BCUT2D eigenvalue weighted by atomic mass is 35.5. The lowest BCUT2D eigenvalue weighted by atomic mass is 9.98. The Morgan fingerprint density at radius 2 is 1.95 bits per heavy atom. The second kappa shape index (κ2) is 4.94. The van der Waals surface area contributed by atoms with E-state index in [0.29, 0.717) is 17.3 Å². The molecule has 2 amide bonds. The van der Waals surface area contributed by atoms with Crippen LogP contribution < -0.4 is 4.90 Å². The van der Waals surface area contributed by atoms with E-state index in [4.69, 9.17) is 16.3 Å². The van der Waals surface area contributed by atoms with Gasteiger partial charge in [-0.25, -0.2) is 0 Å². The normalized spacial score (nSPS) is 27.3. The zero-order valence-corrected chi connectivity index (χ0v) is 11.1. The Morgan fingerprint density at radius 1 is 1.21 bits per heavy atom. The van der Waals surface area contributed by atoms with Crippen molar-refractivity contribution >= 4 is 29.1 Å². The summed E-state index contributed by atoms with van der Waals surface area (Å²) in [6.07, 6.45) is 1.96. The van der Waals surface area contributed by atoms with E-state index in [2.05, 4.69) is 0 Å². The van der Waals surface area contributed by atoms with Crippen molar-refractivity contribution in [1.82, 2.24) is 0 Å². The molecule has 100 valence electrons. The Bertz CT molecular complexity index is 508. The molecule has 2 fully saturated rings. The minimum absolute atomic E-state index is 0.103. The van der Waals surface area contributed by atoms with Crippen LogP contribution in [-0.2, 0) is 14.3 Å². The van der Waals surface area contributed by atoms with Gasteiger partial charge < -0.3 is 4.74 Å². The molecule has 2 heterocycles. The van der Waals surface area contributed by atoms with Gasteiger partial charge in [-0.05, 0) is 37.1 Å². The van der Waals surface area contributed by atoms with Crippen molar-refractivity contribution in [1.29, 1.82) is 0 Å². The molecule has 0 aromatic heterocycles. The van der Waals surface area contributed by atoms with Gasteiger partial charge in [-0.2, -0.15) is 0 Å². The SMILES string of the molecule is O=C1C[C@H]([C@H]2CCCO2)C(=O)N1c1ccc(Cl)cc1. The maximum absolute atomic E-state index is 12.4. The quantitative estimate of drug-likeness (QED) is 0.781. The molecule has 2 aliphatic rings. The van der Waals surface area contributed by atoms with Crippen molar-refractivity contribution in [2.24, 2.45) is 5.92 Å². The number of halogens is 1. The second-order valence-electron chi connectivity index (χ2n) is 4.91. The fourth-order valence-corrected chi connectivity index (χ4v) is 2.85. The van der Waals surface area contributed by atoms with Crippen LogP contribution in [0.25, 0.3) is 0 Å². The zero-order chi connectivity index (χ0) is 13.4. The second-order valence-corrected chi connectivity index (χ2v) is 5.34. The highest BCUT2D eigenvalue weighted by Gasteiger charge is 2.44. The van der Waals surface area contributed by atoms with E-state index in [0.717, 1.165) is 12.8 Å². The van der Waals surface area contributed by atoms with Crippen LogP contribution in [0.15, 0.2) is 24.3 Å². The molecule has 0 saturated carbocycles. The van der Waals surface area contributed by atoms with Crippen LogP contribution in [0.4, 0.5) is 5.69 Å². The van der Waals surface area contributed by atoms with Crippen LogP contribution in [0.5, 0.6) is 0 Å². The molecule has 4 nitrogen and oxygen atoms in total. The smallest absolute Gasteiger partial charge is 0.240 e. The predicted molar refractivity (Wildman–Crippen MR) is 71.0 cm³/mol. The van der Waals surface area contributed by atoms with Gasteiger partial charge in [0.05, 0.1) is 17.7 Å². The van der Waals surface area contributed by atoms with Crippen LogP contribution in [0.1, 0.15) is 19.3 Å². The Kier molecular flexibility index (Phi) is 3.29. The lowest BCUT2D eigenvalue weighted by Gasteiger charge is -2.17. The molecule has 0 bridgehead atoms. The summed E-state index contributed by atoms with van der Waals surface area (Å²) in [6, 6.07) is 6.74. The van der Waals surface area contributed by atoms with Crippen molar-refractivity contribution in [3.05, 3.63) is 29.3 Å². The molecule has 0 aliphatic carbocycles. The Balaban J connectivity index is 1.84. The average molecular weight is 280 g/mol. The summed E-state index contributed by atoms with van der Waals surface area (Å²) >= 11 is 5.82. The largest absolute Gasteiger partial charge is 0.377 e. The summed E-state index contributed by atoms with van der Waals surface area (Å²) in [6.45, 7) is 0.684. The van der Waals surface area contributed by atoms with Crippen molar-refractivity contribution in [3.63, 3.8) is 0 Å². The third-order valence-electron chi connectivity index (χ3n) is 3.68. The van der Waals surface area contributed by atoms with Gasteiger partial charge in [0.2, 0.25) is 11.8 Å². The lowest BCUT2D eigenvalue weighted by molar-refractivity contribution is -0.124. The Labute approximate surface area is 116 Å². The maximum Gasteiger partial charge on any atom is 0.240 e. The van der Waals surface area contributed by atoms with E-state index >= 15 is 0 Å². The molecule has 2 aliphatic heterocycles. The number of hydrogen-bond donors (Lipinski definition) is 0. The fraction of sp³-hybridized carbons (Fsp3) is 0.429. The fourth-order valence-electron chi connectivity index (χ4n) is 2.73. The van der Waals surface area contributed by atoms with Crippen LogP contribution >= 0.6 is 11.6 Å². The standard InChI is InChI=1S/C14H14ClNO3/c15-9-3-5-10(6-4-9)16-13(17)8-11(14(16)18)12-2-1-7-19-12/h3-6,11-12H,1-2,7-8H2/t11-,12-/m1/s1. The summed E-state index contributed by atoms with van der Waals surface area (Å²) in [5, 5.41) is 0.582. The van der Waals surface area contributed by atoms with E-state index in [1.807, 2.05) is 0 Å². The first-order valence-electron chi connectivity index (χ1n) is 6.41. The van der Waals surface area contributed by atoms with Crippen LogP contribution in [0.2, 0.25) is 5.02 Å². The first-order chi connectivity index (χ1) is 9.16. The summed E-state index contributed by atoms with van der Waals surface area (Å²) in [5.41, 5.74) is 0.583. The Morgan fingerprint density at radius 3 is 2.58 bits per heavy atom. The van der Waals surface area contributed by atoms with Gasteiger partial charge in [0, 0.05) is 18.1 Å². The number of imide groups is 1. The maximum atomic E-state index is 12.4. The zero-order valence-electron chi connectivity index (χ0n) is 10.3. The molecule has 5 heteroatoms. The van der Waals surface area contributed by atoms with Crippen molar-refractivity contribution in [2.45, 2.75) is 25.4 Å². The predicted octanol–water partition coefficient (Wildman–Crippen LogP) is 2.40. The van der Waals surface area contributed by atoms with E-state index in [-0.39, 0.29) is 30.3 Å². The molecule has 2 atom stereocenters. The van der Waals surface area contributed by atoms with Crippen LogP contribution in [-0.4, -0.2) is 24.5 Å². The molecule has 1 aromatic carbocycles. The van der Waals surface area contributed by atoms with Crippen molar-refractivity contribution in [2.75, 3.05) is 11.5 Å². The molecule has 2 saturated heterocycles. The number of carbonyl (C=O) groups is 2. The topological polar surface area (TPSA) is 46.6 Å². The molecule has 0 N–H and O–H groups in total. The average Bonchev–Trinajstić information content (AvgIpc) is 3.00. The van der Waals surface area contributed by atoms with E-state index in [1.165, 1.54) is 4.90 Å². The van der Waals surface area contributed by atoms with Gasteiger partial charge in [0.1, 0.15) is 0 Å². The highest BCUT2D eigenvalue weighted by molar-refractivity contribution is 6.30. The molecule has 0 unspecified atom stereocenters. The van der Waals surface area contributed by atoms with Crippen molar-refractivity contribution in [3.8, 4) is 0 Å². The molecular weight excluding hydrogens is 266 g/mol. The minimum atomic E-state index is -0.328. The number of nitrogens with zero attached hydrogens (tertiary/aromatic N) is 1. The molecule has 3 rings (SSSR count). The van der Waals surface area contributed by atoms with Gasteiger partial charge in [0.25, 0.3) is 0 Å². The summed E-state index contributed by atoms with van der Waals surface area (Å²) in [4.78, 5) is 25.7. The highest BCUT2D eigenvalue weighted by Crippen LogP contribution is 2.33. The number of amides is 2. The van der Waals surface area contributed by atoms with E-state index in [1.54, 1.807) is 24.3 Å². The van der Waals surface area contributed by atoms with Gasteiger partial charge >= 0.3 is 0 Å². The number of ether oxygens (including phenoxy) is 1. The van der Waals surface area contributed by atoms with E-state index in [9.17, 15) is 9.59 Å². The number of carbonyl (C=O) groups excluding carboxylic acids is 2. The van der Waals surface area contributed by atoms with Gasteiger partial charge in [-0.15, -0.1) is 0 Å². The molecule has 0 spiro atoms. The minimum Gasteiger partial charge on any atom is -0.377 e. The Hall–Kier alpha value is -1.39. The first kappa shape index (κ1) is 12.6. The monoisotopic (exact) mass is 279 g/mol. The number of anilines is 1. The third-order valence-corrected chi connectivity index (χ3v) is 3.93. The van der Waals surface area contributed by atoms with Crippen LogP contribution in [0.3, 0.4) is 0 Å². The lowest BCUT2D eigenvalue weighted by Crippen LogP contribution is -2.33. The van der Waals surface area contributed by atoms with Gasteiger partial charge in [-0.1, -0.05) is 11.6 Å². The number of rotatable bonds is 2. The van der Waals surface area contributed by atoms with Gasteiger partial charge in [-0.3, -0.25) is 14.5 Å². The summed E-state index contributed by atoms with van der Waals surface area (Å²) < 4.78 is 5.54. The number of hydrogen-bond acceptors (Lipinski definition) is 3. The molecule has 1 aromatic rings. The summed E-state index contributed by atoms with van der Waals surface area (Å²) in [5.74, 6) is -0.641. The van der Waals surface area contributed by atoms with Gasteiger partial charge in [0.15, 0.2) is 0 Å². The summed E-state index contributed by atoms with van der Waals surface area (Å²) in [7, 11) is 0. The van der Waals surface area contributed by atoms with Crippen LogP contribution in [0, 0.1) is 5.92 Å². The van der Waals surface area contributed by atoms with Crippen molar-refractivity contribution < 1.29 is 14.3 Å². The first-order valence-corrected chi connectivity index (χ1v) is 6.78. The third kappa shape index (κ3) is 2.26. The molecule has 0 radical (unpaired) electrons. The molecule has 19 heavy (non-hydrogen) atoms. The molecular formula is C14H14ClNO3. The van der Waals surface area contributed by atoms with E-state index < -0.39 is 0 Å². The number of benzene rings is 1.